The standard InChI is InChI=1S/C17H26O3/c1-10(2)14-7-6-12(4)17(19)9-16(20-13(5)18)11(3)8-15(14)17/h8,12,14-16,19H,1,6-7,9H2,2-5H3. The number of hydrogen-bond donors (Lipinski definition) is 1. The van der Waals surface area contributed by atoms with Crippen molar-refractivity contribution in [3.63, 3.8) is 0 Å². The first-order chi connectivity index (χ1) is 9.25. The first-order valence-corrected chi connectivity index (χ1v) is 7.49. The fourth-order valence-corrected chi connectivity index (χ4v) is 3.87. The minimum atomic E-state index is -0.790. The van der Waals surface area contributed by atoms with Crippen LogP contribution in [-0.2, 0) is 9.53 Å². The van der Waals surface area contributed by atoms with Gasteiger partial charge in [0, 0.05) is 19.3 Å². The van der Waals surface area contributed by atoms with E-state index in [1.807, 2.05) is 13.8 Å². The zero-order chi connectivity index (χ0) is 15.1. The average Bonchev–Trinajstić information content (AvgIpc) is 2.32. The second-order valence-corrected chi connectivity index (χ2v) is 6.66. The third-order valence-corrected chi connectivity index (χ3v) is 5.18. The molecule has 0 saturated heterocycles. The van der Waals surface area contributed by atoms with Crippen LogP contribution in [0.4, 0.5) is 0 Å². The Labute approximate surface area is 121 Å². The number of esters is 1. The molecule has 0 aliphatic heterocycles. The maximum absolute atomic E-state index is 11.2. The molecule has 0 spiro atoms. The molecule has 0 aromatic carbocycles. The van der Waals surface area contributed by atoms with Gasteiger partial charge in [-0.3, -0.25) is 4.79 Å². The molecule has 2 aliphatic carbocycles. The molecular formula is C17H26O3. The third kappa shape index (κ3) is 2.56. The molecule has 5 unspecified atom stereocenters. The molecule has 0 heterocycles. The molecule has 112 valence electrons. The number of carbonyl (C=O) groups excluding carboxylic acids is 1. The Morgan fingerprint density at radius 3 is 2.65 bits per heavy atom. The fourth-order valence-electron chi connectivity index (χ4n) is 3.87. The van der Waals surface area contributed by atoms with E-state index in [2.05, 4.69) is 19.6 Å². The Bertz CT molecular complexity index is 451. The lowest BCUT2D eigenvalue weighted by molar-refractivity contribution is -0.156. The predicted octanol–water partition coefficient (Wildman–Crippen LogP) is 3.24. The summed E-state index contributed by atoms with van der Waals surface area (Å²) in [6.45, 7) is 11.6. The molecule has 1 fully saturated rings. The highest BCUT2D eigenvalue weighted by Gasteiger charge is 2.51. The lowest BCUT2D eigenvalue weighted by atomic mass is 9.58. The van der Waals surface area contributed by atoms with Crippen molar-refractivity contribution in [2.24, 2.45) is 17.8 Å². The summed E-state index contributed by atoms with van der Waals surface area (Å²) in [7, 11) is 0. The SMILES string of the molecule is C=C(C)C1CCC(C)C2(O)CC(OC(C)=O)C(C)=CC12. The van der Waals surface area contributed by atoms with Crippen LogP contribution in [0, 0.1) is 17.8 Å². The van der Waals surface area contributed by atoms with Gasteiger partial charge in [-0.2, -0.15) is 0 Å². The largest absolute Gasteiger partial charge is 0.458 e. The van der Waals surface area contributed by atoms with Crippen molar-refractivity contribution in [2.45, 2.75) is 58.7 Å². The smallest absolute Gasteiger partial charge is 0.303 e. The molecule has 0 aromatic heterocycles. The summed E-state index contributed by atoms with van der Waals surface area (Å²) in [6, 6.07) is 0. The first kappa shape index (κ1) is 15.3. The van der Waals surface area contributed by atoms with Crippen LogP contribution in [0.2, 0.25) is 0 Å². The van der Waals surface area contributed by atoms with Gasteiger partial charge in [-0.15, -0.1) is 0 Å². The highest BCUT2D eigenvalue weighted by molar-refractivity contribution is 5.66. The minimum absolute atomic E-state index is 0.0931. The maximum atomic E-state index is 11.2. The molecule has 3 heteroatoms. The normalized spacial score (nSPS) is 40.5. The van der Waals surface area contributed by atoms with Crippen molar-refractivity contribution in [3.8, 4) is 0 Å². The van der Waals surface area contributed by atoms with E-state index in [0.29, 0.717) is 12.3 Å². The first-order valence-electron chi connectivity index (χ1n) is 7.49. The van der Waals surface area contributed by atoms with E-state index in [1.54, 1.807) is 0 Å². The Hall–Kier alpha value is -1.09. The van der Waals surface area contributed by atoms with Crippen molar-refractivity contribution < 1.29 is 14.6 Å². The molecule has 1 N–H and O–H groups in total. The Balaban J connectivity index is 2.36. The molecule has 5 atom stereocenters. The van der Waals surface area contributed by atoms with Gasteiger partial charge in [-0.05, 0) is 44.1 Å². The number of allylic oxidation sites excluding steroid dienone is 1. The van der Waals surface area contributed by atoms with Gasteiger partial charge in [-0.25, -0.2) is 0 Å². The van der Waals surface area contributed by atoms with Crippen LogP contribution in [0.5, 0.6) is 0 Å². The predicted molar refractivity (Wildman–Crippen MR) is 79.1 cm³/mol. The van der Waals surface area contributed by atoms with E-state index in [-0.39, 0.29) is 23.9 Å². The minimum Gasteiger partial charge on any atom is -0.458 e. The van der Waals surface area contributed by atoms with Crippen molar-refractivity contribution in [3.05, 3.63) is 23.8 Å². The van der Waals surface area contributed by atoms with Crippen LogP contribution in [0.25, 0.3) is 0 Å². The maximum Gasteiger partial charge on any atom is 0.303 e. The Morgan fingerprint density at radius 1 is 1.45 bits per heavy atom. The zero-order valence-electron chi connectivity index (χ0n) is 13.0. The summed E-state index contributed by atoms with van der Waals surface area (Å²) in [5, 5.41) is 11.2. The third-order valence-electron chi connectivity index (χ3n) is 5.18. The molecule has 0 aromatic rings. The summed E-state index contributed by atoms with van der Waals surface area (Å²) in [4.78, 5) is 11.2. The van der Waals surface area contributed by atoms with Crippen molar-refractivity contribution >= 4 is 5.97 Å². The molecule has 1 saturated carbocycles. The van der Waals surface area contributed by atoms with Gasteiger partial charge in [0.15, 0.2) is 0 Å². The monoisotopic (exact) mass is 278 g/mol. The Morgan fingerprint density at radius 2 is 2.10 bits per heavy atom. The molecule has 0 bridgehead atoms. The number of rotatable bonds is 2. The molecule has 3 nitrogen and oxygen atoms in total. The van der Waals surface area contributed by atoms with Gasteiger partial charge >= 0.3 is 5.97 Å². The number of hydrogen-bond acceptors (Lipinski definition) is 3. The van der Waals surface area contributed by atoms with E-state index in [0.717, 1.165) is 24.0 Å². The van der Waals surface area contributed by atoms with Crippen LogP contribution < -0.4 is 0 Å². The molecule has 2 rings (SSSR count). The summed E-state index contributed by atoms with van der Waals surface area (Å²) in [5.74, 6) is 0.343. The number of fused-ring (bicyclic) bond motifs is 1. The quantitative estimate of drug-likeness (QED) is 0.623. The molecule has 0 amide bonds. The van der Waals surface area contributed by atoms with E-state index in [9.17, 15) is 9.90 Å². The van der Waals surface area contributed by atoms with Crippen LogP contribution in [0.1, 0.15) is 47.0 Å². The highest BCUT2D eigenvalue weighted by Crippen LogP contribution is 2.50. The van der Waals surface area contributed by atoms with Crippen molar-refractivity contribution in [1.29, 1.82) is 0 Å². The van der Waals surface area contributed by atoms with E-state index >= 15 is 0 Å². The van der Waals surface area contributed by atoms with Crippen LogP contribution in [0.15, 0.2) is 23.8 Å². The van der Waals surface area contributed by atoms with E-state index in [4.69, 9.17) is 4.74 Å². The lowest BCUT2D eigenvalue weighted by Crippen LogP contribution is -2.54. The number of carbonyl (C=O) groups is 1. The van der Waals surface area contributed by atoms with Gasteiger partial charge in [0.25, 0.3) is 0 Å². The summed E-state index contributed by atoms with van der Waals surface area (Å²) in [5.41, 5.74) is 1.40. The van der Waals surface area contributed by atoms with Gasteiger partial charge in [-0.1, -0.05) is 25.2 Å². The summed E-state index contributed by atoms with van der Waals surface area (Å²) < 4.78 is 5.37. The lowest BCUT2D eigenvalue weighted by Gasteiger charge is -2.51. The molecular weight excluding hydrogens is 252 g/mol. The second-order valence-electron chi connectivity index (χ2n) is 6.66. The van der Waals surface area contributed by atoms with Crippen molar-refractivity contribution in [1.82, 2.24) is 0 Å². The van der Waals surface area contributed by atoms with Crippen LogP contribution in [0.3, 0.4) is 0 Å². The number of ether oxygens (including phenoxy) is 1. The summed E-state index contributed by atoms with van der Waals surface area (Å²) >= 11 is 0. The molecule has 20 heavy (non-hydrogen) atoms. The zero-order valence-corrected chi connectivity index (χ0v) is 13.0. The van der Waals surface area contributed by atoms with E-state index in [1.165, 1.54) is 6.92 Å². The fraction of sp³-hybridized carbons (Fsp3) is 0.706. The second kappa shape index (κ2) is 5.36. The van der Waals surface area contributed by atoms with Gasteiger partial charge in [0.2, 0.25) is 0 Å². The highest BCUT2D eigenvalue weighted by atomic mass is 16.5. The van der Waals surface area contributed by atoms with Crippen LogP contribution >= 0.6 is 0 Å². The van der Waals surface area contributed by atoms with Crippen LogP contribution in [-0.4, -0.2) is 22.8 Å². The molecule has 2 aliphatic rings. The Kier molecular flexibility index (Phi) is 4.10. The van der Waals surface area contributed by atoms with Gasteiger partial charge in [0.1, 0.15) is 6.10 Å². The topological polar surface area (TPSA) is 46.5 Å². The summed E-state index contributed by atoms with van der Waals surface area (Å²) in [6.07, 6.45) is 4.40. The van der Waals surface area contributed by atoms with Crippen molar-refractivity contribution in [2.75, 3.05) is 0 Å². The number of aliphatic hydroxyl groups is 1. The van der Waals surface area contributed by atoms with Gasteiger partial charge < -0.3 is 9.84 Å². The van der Waals surface area contributed by atoms with Gasteiger partial charge in [0.05, 0.1) is 5.60 Å². The van der Waals surface area contributed by atoms with E-state index < -0.39 is 5.60 Å². The molecule has 0 radical (unpaired) electrons. The average molecular weight is 278 g/mol.